The van der Waals surface area contributed by atoms with E-state index in [1.54, 1.807) is 19.1 Å². The zero-order chi connectivity index (χ0) is 27.5. The molecule has 0 saturated heterocycles. The average Bonchev–Trinajstić information content (AvgIpc) is 3.34. The average molecular weight is 521 g/mol. The zero-order valence-corrected chi connectivity index (χ0v) is 23.1. The molecule has 2 aromatic carbocycles. The quantitative estimate of drug-likeness (QED) is 0.264. The van der Waals surface area contributed by atoms with Crippen LogP contribution in [0.4, 0.5) is 5.69 Å². The third-order valence-electron chi connectivity index (χ3n) is 6.04. The van der Waals surface area contributed by atoms with Crippen molar-refractivity contribution in [3.8, 4) is 11.4 Å². The Morgan fingerprint density at radius 1 is 1.03 bits per heavy atom. The molecule has 1 heterocycles. The fourth-order valence-electron chi connectivity index (χ4n) is 4.27. The Morgan fingerprint density at radius 3 is 2.45 bits per heavy atom. The van der Waals surface area contributed by atoms with Crippen LogP contribution in [0, 0.1) is 5.92 Å². The van der Waals surface area contributed by atoms with Gasteiger partial charge in [-0.2, -0.15) is 5.10 Å². The summed E-state index contributed by atoms with van der Waals surface area (Å²) in [5, 5.41) is 11.3. The van der Waals surface area contributed by atoms with E-state index in [9.17, 15) is 9.59 Å². The Labute approximate surface area is 225 Å². The lowest BCUT2D eigenvalue weighted by atomic mass is 9.96. The second kappa shape index (κ2) is 14.2. The van der Waals surface area contributed by atoms with Crippen LogP contribution >= 0.6 is 0 Å². The maximum absolute atomic E-state index is 12.5. The van der Waals surface area contributed by atoms with Crippen LogP contribution in [0.25, 0.3) is 5.69 Å². The van der Waals surface area contributed by atoms with Crippen LogP contribution in [-0.2, 0) is 16.0 Å². The van der Waals surface area contributed by atoms with Gasteiger partial charge in [0.05, 0.1) is 37.1 Å². The number of hydrogen-bond acceptors (Lipinski definition) is 6. The van der Waals surface area contributed by atoms with Gasteiger partial charge in [0, 0.05) is 35.6 Å². The van der Waals surface area contributed by atoms with E-state index in [0.717, 1.165) is 41.2 Å². The molecule has 1 unspecified atom stereocenters. The van der Waals surface area contributed by atoms with E-state index in [0.29, 0.717) is 24.7 Å². The highest BCUT2D eigenvalue weighted by atomic mass is 16.5. The summed E-state index contributed by atoms with van der Waals surface area (Å²) in [4.78, 5) is 23.9. The van der Waals surface area contributed by atoms with Crippen molar-refractivity contribution in [2.24, 2.45) is 5.92 Å². The Kier molecular flexibility index (Phi) is 10.8. The van der Waals surface area contributed by atoms with Gasteiger partial charge in [0.1, 0.15) is 5.75 Å². The summed E-state index contributed by atoms with van der Waals surface area (Å²) in [6.45, 7) is 11.5. The molecule has 3 aromatic rings. The number of rotatable bonds is 14. The number of anilines is 1. The molecule has 0 aliphatic heterocycles. The lowest BCUT2D eigenvalue weighted by molar-refractivity contribution is -0.142. The number of nitrogens with one attached hydrogen (secondary N) is 2. The number of aryl methyl sites for hydroxylation is 1. The van der Waals surface area contributed by atoms with Crippen molar-refractivity contribution in [2.45, 2.75) is 59.9 Å². The number of carbonyl (C=O) groups is 2. The Morgan fingerprint density at radius 2 is 1.79 bits per heavy atom. The van der Waals surface area contributed by atoms with Crippen LogP contribution in [0.2, 0.25) is 0 Å². The fraction of sp³-hybridized carbons (Fsp3) is 0.433. The highest BCUT2D eigenvalue weighted by Crippen LogP contribution is 2.30. The molecule has 0 saturated carbocycles. The zero-order valence-electron chi connectivity index (χ0n) is 23.1. The minimum absolute atomic E-state index is 0.0537. The van der Waals surface area contributed by atoms with Gasteiger partial charge in [0.15, 0.2) is 0 Å². The van der Waals surface area contributed by atoms with Gasteiger partial charge >= 0.3 is 5.97 Å². The number of aromatic nitrogens is 2. The minimum atomic E-state index is -0.319. The summed E-state index contributed by atoms with van der Waals surface area (Å²) in [5.41, 5.74) is 4.62. The minimum Gasteiger partial charge on any atom is -0.494 e. The molecule has 0 bridgehead atoms. The number of esters is 1. The lowest BCUT2D eigenvalue weighted by Crippen LogP contribution is -2.26. The van der Waals surface area contributed by atoms with E-state index in [2.05, 4.69) is 37.6 Å². The number of carbonyl (C=O) groups excluding carboxylic acids is 2. The second-order valence-corrected chi connectivity index (χ2v) is 9.47. The predicted molar refractivity (Wildman–Crippen MR) is 150 cm³/mol. The third-order valence-corrected chi connectivity index (χ3v) is 6.04. The normalized spacial score (nSPS) is 11.7. The molecule has 38 heavy (non-hydrogen) atoms. The topological polar surface area (TPSA) is 94.5 Å². The van der Waals surface area contributed by atoms with E-state index < -0.39 is 0 Å². The summed E-state index contributed by atoms with van der Waals surface area (Å²) in [6.07, 6.45) is 4.00. The Bertz CT molecular complexity index is 1190. The van der Waals surface area contributed by atoms with Gasteiger partial charge in [0.2, 0.25) is 0 Å². The molecule has 204 valence electrons. The Hall–Kier alpha value is -3.81. The molecular weight excluding hydrogens is 480 g/mol. The summed E-state index contributed by atoms with van der Waals surface area (Å²) >= 11 is 0. The van der Waals surface area contributed by atoms with E-state index >= 15 is 0 Å². The molecule has 1 amide bonds. The van der Waals surface area contributed by atoms with Crippen molar-refractivity contribution < 1.29 is 19.1 Å². The lowest BCUT2D eigenvalue weighted by Gasteiger charge is -2.22. The third kappa shape index (κ3) is 8.10. The van der Waals surface area contributed by atoms with E-state index in [4.69, 9.17) is 14.6 Å². The maximum atomic E-state index is 12.5. The van der Waals surface area contributed by atoms with Crippen LogP contribution in [0.1, 0.15) is 75.1 Å². The molecule has 3 rings (SSSR count). The van der Waals surface area contributed by atoms with E-state index in [1.165, 1.54) is 0 Å². The number of ether oxygens (including phenoxy) is 2. The first-order valence-electron chi connectivity index (χ1n) is 13.5. The summed E-state index contributed by atoms with van der Waals surface area (Å²) in [6, 6.07) is 15.4. The van der Waals surface area contributed by atoms with Gasteiger partial charge in [-0.05, 0) is 69.0 Å². The van der Waals surface area contributed by atoms with Crippen molar-refractivity contribution >= 4 is 17.6 Å². The number of amides is 1. The van der Waals surface area contributed by atoms with Gasteiger partial charge in [-0.25, -0.2) is 4.68 Å². The van der Waals surface area contributed by atoms with Crippen LogP contribution in [0.3, 0.4) is 0 Å². The highest BCUT2D eigenvalue weighted by Gasteiger charge is 2.21. The van der Waals surface area contributed by atoms with Crippen LogP contribution in [0.5, 0.6) is 5.75 Å². The molecule has 8 heteroatoms. The molecule has 8 nitrogen and oxygen atoms in total. The number of hydrogen-bond donors (Lipinski definition) is 2. The van der Waals surface area contributed by atoms with Crippen molar-refractivity contribution in [1.29, 1.82) is 0 Å². The van der Waals surface area contributed by atoms with Gasteiger partial charge in [-0.15, -0.1) is 0 Å². The molecule has 0 fully saturated rings. The summed E-state index contributed by atoms with van der Waals surface area (Å²) in [7, 11) is 0. The first-order chi connectivity index (χ1) is 18.3. The fourth-order valence-corrected chi connectivity index (χ4v) is 4.27. The van der Waals surface area contributed by atoms with Gasteiger partial charge in [0.25, 0.3) is 5.91 Å². The van der Waals surface area contributed by atoms with E-state index in [1.807, 2.05) is 48.0 Å². The first kappa shape index (κ1) is 28.8. The molecule has 1 aromatic heterocycles. The second-order valence-electron chi connectivity index (χ2n) is 9.47. The first-order valence-corrected chi connectivity index (χ1v) is 13.5. The van der Waals surface area contributed by atoms with Gasteiger partial charge < -0.3 is 20.1 Å². The largest absolute Gasteiger partial charge is 0.494 e. The molecule has 0 aliphatic carbocycles. The molecule has 0 radical (unpaired) electrons. The summed E-state index contributed by atoms with van der Waals surface area (Å²) in [5.74, 6) is 0.747. The number of nitrogens with zero attached hydrogens (tertiary/aromatic N) is 2. The van der Waals surface area contributed by atoms with Gasteiger partial charge in [-0.3, -0.25) is 9.59 Å². The molecular formula is C30H40N4O4. The molecule has 0 spiro atoms. The van der Waals surface area contributed by atoms with Crippen molar-refractivity contribution in [2.75, 3.05) is 25.1 Å². The highest BCUT2D eigenvalue weighted by molar-refractivity contribution is 5.94. The predicted octanol–water partition coefficient (Wildman–Crippen LogP) is 5.72. The summed E-state index contributed by atoms with van der Waals surface area (Å²) < 4.78 is 12.5. The molecule has 1 atom stereocenters. The smallest absolute Gasteiger partial charge is 0.307 e. The van der Waals surface area contributed by atoms with Crippen LogP contribution in [-0.4, -0.2) is 41.4 Å². The number of benzene rings is 2. The SMILES string of the molecule is CCOC(=O)CCNC(=O)c1ccc(NC(CC(C)C)c2cn(-c3cccc(OCC)c3)nc2CC)cc1. The van der Waals surface area contributed by atoms with Crippen LogP contribution in [0.15, 0.2) is 54.7 Å². The maximum Gasteiger partial charge on any atom is 0.307 e. The van der Waals surface area contributed by atoms with Crippen molar-refractivity contribution in [1.82, 2.24) is 15.1 Å². The standard InChI is InChI=1S/C30H40N4O4/c1-6-27-26(20-34(33-27)24-10-9-11-25(19-24)37-7-2)28(18-21(4)5)32-23-14-12-22(13-15-23)30(36)31-17-16-29(35)38-8-3/h9-15,19-21,28,32H,6-8,16-18H2,1-5H3,(H,31,36). The Balaban J connectivity index is 1.75. The van der Waals surface area contributed by atoms with Crippen molar-refractivity contribution in [3.63, 3.8) is 0 Å². The molecule has 0 aliphatic rings. The van der Waals surface area contributed by atoms with Gasteiger partial charge in [-0.1, -0.05) is 26.8 Å². The monoisotopic (exact) mass is 520 g/mol. The van der Waals surface area contributed by atoms with Crippen LogP contribution < -0.4 is 15.4 Å². The van der Waals surface area contributed by atoms with E-state index in [-0.39, 0.29) is 30.9 Å². The van der Waals surface area contributed by atoms with Crippen molar-refractivity contribution in [3.05, 3.63) is 71.5 Å². The molecule has 2 N–H and O–H groups in total.